The number of nitrogens with one attached hydrogen (secondary N) is 1. The summed E-state index contributed by atoms with van der Waals surface area (Å²) in [7, 11) is 0. The molecule has 27 heavy (non-hydrogen) atoms. The molecule has 0 aliphatic carbocycles. The van der Waals surface area contributed by atoms with Crippen molar-refractivity contribution < 1.29 is 42.8 Å². The van der Waals surface area contributed by atoms with E-state index in [1.54, 1.807) is 0 Å². The van der Waals surface area contributed by atoms with Crippen LogP contribution in [0.15, 0.2) is 0 Å². The zero-order valence-corrected chi connectivity index (χ0v) is 15.8. The van der Waals surface area contributed by atoms with Crippen LogP contribution in [0.3, 0.4) is 0 Å². The van der Waals surface area contributed by atoms with E-state index in [9.17, 15) is 14.0 Å². The zero-order chi connectivity index (χ0) is 20.0. The van der Waals surface area contributed by atoms with Crippen molar-refractivity contribution in [2.24, 2.45) is 0 Å². The molecule has 0 radical (unpaired) electrons. The lowest BCUT2D eigenvalue weighted by atomic mass is 10.3. The van der Waals surface area contributed by atoms with E-state index in [0.717, 1.165) is 0 Å². The molecule has 10 heteroatoms. The molecule has 0 aromatic heterocycles. The standard InChI is InChI=1S/C17H32FNO8/c18-4-7-24-9-11-26-13-15-27-14-12-25-10-8-23-6-1-5-19-16(20)2-3-17(21)22/h1-15H2,(H,19,20)(H,21,22). The van der Waals surface area contributed by atoms with Gasteiger partial charge in [0.25, 0.3) is 0 Å². The first kappa shape index (κ1) is 25.7. The summed E-state index contributed by atoms with van der Waals surface area (Å²) < 4.78 is 37.9. The first-order valence-corrected chi connectivity index (χ1v) is 9.10. The molecule has 0 aliphatic heterocycles. The molecular weight excluding hydrogens is 365 g/mol. The number of hydrogen-bond donors (Lipinski definition) is 2. The maximum Gasteiger partial charge on any atom is 0.303 e. The Morgan fingerprint density at radius 2 is 1.15 bits per heavy atom. The Balaban J connectivity index is 3.09. The van der Waals surface area contributed by atoms with E-state index in [4.69, 9.17) is 28.8 Å². The van der Waals surface area contributed by atoms with Gasteiger partial charge in [0.2, 0.25) is 5.91 Å². The fraction of sp³-hybridized carbons (Fsp3) is 0.882. The Hall–Kier alpha value is -1.33. The second-order valence-corrected chi connectivity index (χ2v) is 5.35. The first-order chi connectivity index (χ1) is 13.2. The third-order valence-electron chi connectivity index (χ3n) is 3.06. The molecule has 0 aliphatic rings. The lowest BCUT2D eigenvalue weighted by molar-refractivity contribution is -0.138. The highest BCUT2D eigenvalue weighted by atomic mass is 19.1. The quantitative estimate of drug-likeness (QED) is 0.268. The number of carboxylic acids is 1. The van der Waals surface area contributed by atoms with Crippen molar-refractivity contribution in [1.29, 1.82) is 0 Å². The van der Waals surface area contributed by atoms with Gasteiger partial charge in [0.05, 0.1) is 65.9 Å². The van der Waals surface area contributed by atoms with Crippen molar-refractivity contribution in [2.75, 3.05) is 79.3 Å². The van der Waals surface area contributed by atoms with Gasteiger partial charge in [-0.3, -0.25) is 9.59 Å². The van der Waals surface area contributed by atoms with Gasteiger partial charge in [0.15, 0.2) is 0 Å². The Labute approximate surface area is 159 Å². The Bertz CT molecular complexity index is 360. The molecule has 160 valence electrons. The Morgan fingerprint density at radius 1 is 0.704 bits per heavy atom. The van der Waals surface area contributed by atoms with Crippen molar-refractivity contribution in [3.05, 3.63) is 0 Å². The molecule has 2 N–H and O–H groups in total. The molecule has 0 rings (SSSR count). The molecule has 1 amide bonds. The highest BCUT2D eigenvalue weighted by Gasteiger charge is 2.04. The average Bonchev–Trinajstić information content (AvgIpc) is 2.65. The molecule has 0 bridgehead atoms. The summed E-state index contributed by atoms with van der Waals surface area (Å²) >= 11 is 0. The van der Waals surface area contributed by atoms with Crippen LogP contribution in [0.1, 0.15) is 19.3 Å². The van der Waals surface area contributed by atoms with Crippen LogP contribution >= 0.6 is 0 Å². The maximum atomic E-state index is 11.7. The highest BCUT2D eigenvalue weighted by Crippen LogP contribution is 1.89. The van der Waals surface area contributed by atoms with E-state index in [0.29, 0.717) is 72.4 Å². The van der Waals surface area contributed by atoms with E-state index in [2.05, 4.69) is 5.32 Å². The smallest absolute Gasteiger partial charge is 0.303 e. The number of alkyl halides is 1. The molecule has 0 heterocycles. The van der Waals surface area contributed by atoms with Gasteiger partial charge in [0, 0.05) is 19.6 Å². The third kappa shape index (κ3) is 22.6. The second-order valence-electron chi connectivity index (χ2n) is 5.35. The largest absolute Gasteiger partial charge is 0.481 e. The van der Waals surface area contributed by atoms with Crippen LogP contribution in [-0.4, -0.2) is 96.3 Å². The molecule has 9 nitrogen and oxygen atoms in total. The van der Waals surface area contributed by atoms with Crippen molar-refractivity contribution in [2.45, 2.75) is 19.3 Å². The summed E-state index contributed by atoms with van der Waals surface area (Å²) in [5, 5.41) is 11.1. The van der Waals surface area contributed by atoms with Crippen LogP contribution in [0.4, 0.5) is 4.39 Å². The van der Waals surface area contributed by atoms with Crippen LogP contribution < -0.4 is 5.32 Å². The van der Waals surface area contributed by atoms with Gasteiger partial charge in [0.1, 0.15) is 6.67 Å². The average molecular weight is 397 g/mol. The number of hydrogen-bond acceptors (Lipinski definition) is 7. The molecule has 0 aromatic carbocycles. The van der Waals surface area contributed by atoms with Gasteiger partial charge in [-0.05, 0) is 6.42 Å². The summed E-state index contributed by atoms with van der Waals surface area (Å²) in [6.45, 7) is 4.11. The topological polar surface area (TPSA) is 113 Å². The molecular formula is C17H32FNO8. The number of carbonyl (C=O) groups excluding carboxylic acids is 1. The predicted octanol–water partition coefficient (Wildman–Crippen LogP) is 0.410. The monoisotopic (exact) mass is 397 g/mol. The summed E-state index contributed by atoms with van der Waals surface area (Å²) in [6.07, 6.45) is 0.487. The summed E-state index contributed by atoms with van der Waals surface area (Å²) in [6, 6.07) is 0. The second kappa shape index (κ2) is 21.0. The van der Waals surface area contributed by atoms with Crippen molar-refractivity contribution in [3.63, 3.8) is 0 Å². The minimum absolute atomic E-state index is 0.00684. The van der Waals surface area contributed by atoms with Crippen LogP contribution in [0.25, 0.3) is 0 Å². The highest BCUT2D eigenvalue weighted by molar-refractivity contribution is 5.80. The fourth-order valence-corrected chi connectivity index (χ4v) is 1.75. The maximum absolute atomic E-state index is 11.7. The van der Waals surface area contributed by atoms with E-state index in [1.807, 2.05) is 0 Å². The summed E-state index contributed by atoms with van der Waals surface area (Å²) in [5.74, 6) is -1.25. The molecule has 0 atom stereocenters. The lowest BCUT2D eigenvalue weighted by Gasteiger charge is -2.08. The van der Waals surface area contributed by atoms with E-state index >= 15 is 0 Å². The normalized spacial score (nSPS) is 10.9. The number of rotatable bonds is 21. The Kier molecular flexibility index (Phi) is 19.9. The fourth-order valence-electron chi connectivity index (χ4n) is 1.75. The Morgan fingerprint density at radius 3 is 1.59 bits per heavy atom. The molecule has 0 aromatic rings. The van der Waals surface area contributed by atoms with Crippen LogP contribution in [0.5, 0.6) is 0 Å². The summed E-state index contributed by atoms with van der Waals surface area (Å²) in [5.41, 5.74) is 0. The number of carboxylic acid groups (broad SMARTS) is 1. The third-order valence-corrected chi connectivity index (χ3v) is 3.06. The van der Waals surface area contributed by atoms with Gasteiger partial charge >= 0.3 is 5.97 Å². The number of carbonyl (C=O) groups is 2. The molecule has 0 fully saturated rings. The minimum atomic E-state index is -0.983. The lowest BCUT2D eigenvalue weighted by Crippen LogP contribution is -2.25. The predicted molar refractivity (Wildman–Crippen MR) is 94.6 cm³/mol. The van der Waals surface area contributed by atoms with Gasteiger partial charge in [-0.15, -0.1) is 0 Å². The minimum Gasteiger partial charge on any atom is -0.481 e. The van der Waals surface area contributed by atoms with Crippen LogP contribution in [-0.2, 0) is 33.3 Å². The van der Waals surface area contributed by atoms with Crippen molar-refractivity contribution in [3.8, 4) is 0 Å². The number of aliphatic carboxylic acids is 1. The number of ether oxygens (including phenoxy) is 5. The van der Waals surface area contributed by atoms with E-state index in [-0.39, 0.29) is 25.4 Å². The van der Waals surface area contributed by atoms with E-state index in [1.165, 1.54) is 0 Å². The molecule has 0 saturated carbocycles. The van der Waals surface area contributed by atoms with Gasteiger partial charge in [-0.1, -0.05) is 0 Å². The van der Waals surface area contributed by atoms with Gasteiger partial charge in [-0.25, -0.2) is 4.39 Å². The SMILES string of the molecule is O=C(O)CCC(=O)NCCCOCCOCCOCCOCCOCCF. The molecule has 0 saturated heterocycles. The van der Waals surface area contributed by atoms with Gasteiger partial charge < -0.3 is 34.1 Å². The molecule has 0 unspecified atom stereocenters. The van der Waals surface area contributed by atoms with Crippen LogP contribution in [0.2, 0.25) is 0 Å². The first-order valence-electron chi connectivity index (χ1n) is 9.10. The molecule has 0 spiro atoms. The van der Waals surface area contributed by atoms with E-state index < -0.39 is 12.6 Å². The zero-order valence-electron chi connectivity index (χ0n) is 15.8. The van der Waals surface area contributed by atoms with Crippen molar-refractivity contribution >= 4 is 11.9 Å². The van der Waals surface area contributed by atoms with Crippen LogP contribution in [0, 0.1) is 0 Å². The van der Waals surface area contributed by atoms with Crippen molar-refractivity contribution in [1.82, 2.24) is 5.32 Å². The van der Waals surface area contributed by atoms with Gasteiger partial charge in [-0.2, -0.15) is 0 Å². The summed E-state index contributed by atoms with van der Waals surface area (Å²) in [4.78, 5) is 21.6. The number of amides is 1. The number of halogens is 1.